The van der Waals surface area contributed by atoms with Crippen LogP contribution in [-0.4, -0.2) is 29.6 Å². The summed E-state index contributed by atoms with van der Waals surface area (Å²) in [5, 5.41) is 11.2. The highest BCUT2D eigenvalue weighted by Crippen LogP contribution is 2.42. The van der Waals surface area contributed by atoms with Crippen molar-refractivity contribution >= 4 is 0 Å². The predicted octanol–water partition coefficient (Wildman–Crippen LogP) is 3.18. The Labute approximate surface area is 137 Å². The summed E-state index contributed by atoms with van der Waals surface area (Å²) >= 11 is 0. The highest BCUT2D eigenvalue weighted by Gasteiger charge is 2.46. The van der Waals surface area contributed by atoms with Gasteiger partial charge in [0.25, 0.3) is 0 Å². The smallest absolute Gasteiger partial charge is 0.119 e. The summed E-state index contributed by atoms with van der Waals surface area (Å²) in [7, 11) is 0. The molecule has 0 spiro atoms. The lowest BCUT2D eigenvalue weighted by molar-refractivity contribution is -0.117. The molecule has 1 N–H and O–H groups in total. The van der Waals surface area contributed by atoms with Crippen molar-refractivity contribution in [2.24, 2.45) is 5.92 Å². The van der Waals surface area contributed by atoms with Gasteiger partial charge >= 0.3 is 0 Å². The summed E-state index contributed by atoms with van der Waals surface area (Å²) in [6.45, 7) is 3.60. The minimum Gasteiger partial charge on any atom is -0.489 e. The molecule has 3 aliphatic rings. The van der Waals surface area contributed by atoms with Crippen molar-refractivity contribution in [3.05, 3.63) is 65.7 Å². The molecule has 2 aromatic carbocycles. The standard InChI is InChI=1S/C20H23NO2/c22-20(15-21-12-10-18(20)11-13-21)17-8-6-16(7-9-17)14-23-19-4-2-1-3-5-19/h1-9,18,22H,10-15H2. The van der Waals surface area contributed by atoms with Gasteiger partial charge in [0, 0.05) is 6.54 Å². The van der Waals surface area contributed by atoms with Gasteiger partial charge < -0.3 is 14.7 Å². The Bertz CT molecular complexity index is 647. The molecule has 1 atom stereocenters. The van der Waals surface area contributed by atoms with Gasteiger partial charge in [0.1, 0.15) is 18.0 Å². The number of aliphatic hydroxyl groups is 1. The van der Waals surface area contributed by atoms with Gasteiger partial charge in [0.05, 0.1) is 0 Å². The van der Waals surface area contributed by atoms with E-state index in [1.54, 1.807) is 0 Å². The van der Waals surface area contributed by atoms with E-state index < -0.39 is 5.60 Å². The largest absolute Gasteiger partial charge is 0.489 e. The van der Waals surface area contributed by atoms with Crippen LogP contribution in [0.4, 0.5) is 0 Å². The second kappa shape index (κ2) is 5.99. The van der Waals surface area contributed by atoms with Crippen LogP contribution in [0.3, 0.4) is 0 Å². The lowest BCUT2D eigenvalue weighted by Gasteiger charge is -2.50. The van der Waals surface area contributed by atoms with Crippen LogP contribution >= 0.6 is 0 Å². The number of nitrogens with zero attached hydrogens (tertiary/aromatic N) is 1. The van der Waals surface area contributed by atoms with Crippen LogP contribution in [0.5, 0.6) is 5.75 Å². The molecule has 0 amide bonds. The molecule has 0 saturated carbocycles. The van der Waals surface area contributed by atoms with Crippen molar-refractivity contribution < 1.29 is 9.84 Å². The molecule has 23 heavy (non-hydrogen) atoms. The first-order valence-electron chi connectivity index (χ1n) is 8.46. The number of hydrogen-bond donors (Lipinski definition) is 1. The molecule has 1 unspecified atom stereocenters. The SMILES string of the molecule is OC1(c2ccc(COc3ccccc3)cc2)CN2CCC1CC2. The second-order valence-electron chi connectivity index (χ2n) is 6.77. The van der Waals surface area contributed by atoms with Crippen LogP contribution in [0.1, 0.15) is 24.0 Å². The Morgan fingerprint density at radius 1 is 1.00 bits per heavy atom. The molecule has 2 bridgehead atoms. The first kappa shape index (κ1) is 14.7. The average Bonchev–Trinajstić information content (AvgIpc) is 2.62. The number of fused-ring (bicyclic) bond motifs is 3. The first-order chi connectivity index (χ1) is 11.2. The van der Waals surface area contributed by atoms with Crippen LogP contribution in [0, 0.1) is 5.92 Å². The Morgan fingerprint density at radius 3 is 2.30 bits per heavy atom. The molecule has 3 aliphatic heterocycles. The van der Waals surface area contributed by atoms with E-state index >= 15 is 0 Å². The summed E-state index contributed by atoms with van der Waals surface area (Å²) in [6.07, 6.45) is 2.21. The number of ether oxygens (including phenoxy) is 1. The maximum Gasteiger partial charge on any atom is 0.119 e. The normalized spacial score (nSPS) is 29.4. The van der Waals surface area contributed by atoms with Crippen LogP contribution in [0.25, 0.3) is 0 Å². The molecular formula is C20H23NO2. The molecule has 3 fully saturated rings. The van der Waals surface area contributed by atoms with Crippen molar-refractivity contribution in [3.63, 3.8) is 0 Å². The summed E-state index contributed by atoms with van der Waals surface area (Å²) in [5.74, 6) is 1.28. The molecular weight excluding hydrogens is 286 g/mol. The van der Waals surface area contributed by atoms with Crippen molar-refractivity contribution in [2.75, 3.05) is 19.6 Å². The summed E-state index contributed by atoms with van der Waals surface area (Å²) < 4.78 is 5.78. The van der Waals surface area contributed by atoms with Crippen LogP contribution in [0.2, 0.25) is 0 Å². The van der Waals surface area contributed by atoms with Crippen molar-refractivity contribution in [1.29, 1.82) is 0 Å². The maximum absolute atomic E-state index is 11.2. The molecule has 0 radical (unpaired) electrons. The lowest BCUT2D eigenvalue weighted by atomic mass is 9.71. The van der Waals surface area contributed by atoms with Gasteiger partial charge in [0.2, 0.25) is 0 Å². The Kier molecular flexibility index (Phi) is 3.83. The van der Waals surface area contributed by atoms with E-state index in [4.69, 9.17) is 4.74 Å². The zero-order chi connectivity index (χ0) is 15.7. The second-order valence-corrected chi connectivity index (χ2v) is 6.77. The molecule has 0 aliphatic carbocycles. The van der Waals surface area contributed by atoms with E-state index in [2.05, 4.69) is 29.2 Å². The van der Waals surface area contributed by atoms with E-state index in [1.807, 2.05) is 30.3 Å². The monoisotopic (exact) mass is 309 g/mol. The number of rotatable bonds is 4. The molecule has 3 saturated heterocycles. The minimum atomic E-state index is -0.671. The Morgan fingerprint density at radius 2 is 1.70 bits per heavy atom. The summed E-state index contributed by atoms with van der Waals surface area (Å²) in [4.78, 5) is 2.38. The number of benzene rings is 2. The van der Waals surface area contributed by atoms with Gasteiger partial charge in [-0.2, -0.15) is 0 Å². The first-order valence-corrected chi connectivity index (χ1v) is 8.46. The lowest BCUT2D eigenvalue weighted by Crippen LogP contribution is -2.57. The fraction of sp³-hybridized carbons (Fsp3) is 0.400. The topological polar surface area (TPSA) is 32.7 Å². The van der Waals surface area contributed by atoms with Crippen LogP contribution in [-0.2, 0) is 12.2 Å². The van der Waals surface area contributed by atoms with Crippen LogP contribution < -0.4 is 4.74 Å². The third-order valence-electron chi connectivity index (χ3n) is 5.33. The molecule has 0 aromatic heterocycles. The van der Waals surface area contributed by atoms with E-state index in [0.29, 0.717) is 12.5 Å². The summed E-state index contributed by atoms with van der Waals surface area (Å²) in [5.41, 5.74) is 1.51. The Balaban J connectivity index is 1.46. The molecule has 3 heterocycles. The van der Waals surface area contributed by atoms with Gasteiger partial charge in [0.15, 0.2) is 0 Å². The highest BCUT2D eigenvalue weighted by atomic mass is 16.5. The van der Waals surface area contributed by atoms with Crippen molar-refractivity contribution in [1.82, 2.24) is 4.90 Å². The molecule has 3 heteroatoms. The van der Waals surface area contributed by atoms with Gasteiger partial charge in [-0.1, -0.05) is 42.5 Å². The summed E-state index contributed by atoms with van der Waals surface area (Å²) in [6, 6.07) is 18.2. The Hall–Kier alpha value is -1.84. The molecule has 5 rings (SSSR count). The van der Waals surface area contributed by atoms with E-state index in [-0.39, 0.29) is 0 Å². The highest BCUT2D eigenvalue weighted by molar-refractivity contribution is 5.30. The zero-order valence-electron chi connectivity index (χ0n) is 13.3. The predicted molar refractivity (Wildman–Crippen MR) is 90.3 cm³/mol. The zero-order valence-corrected chi connectivity index (χ0v) is 13.3. The van der Waals surface area contributed by atoms with Crippen molar-refractivity contribution in [3.8, 4) is 5.75 Å². The fourth-order valence-electron chi connectivity index (χ4n) is 3.94. The number of hydrogen-bond acceptors (Lipinski definition) is 3. The molecule has 3 nitrogen and oxygen atoms in total. The van der Waals surface area contributed by atoms with E-state index in [1.165, 1.54) is 0 Å². The number of piperidine rings is 3. The average molecular weight is 309 g/mol. The number of para-hydroxylation sites is 1. The van der Waals surface area contributed by atoms with Gasteiger partial charge in [-0.3, -0.25) is 0 Å². The quantitative estimate of drug-likeness (QED) is 0.941. The minimum absolute atomic E-state index is 0.402. The van der Waals surface area contributed by atoms with E-state index in [9.17, 15) is 5.11 Å². The third kappa shape index (κ3) is 2.87. The van der Waals surface area contributed by atoms with Gasteiger partial charge in [-0.25, -0.2) is 0 Å². The van der Waals surface area contributed by atoms with Crippen LogP contribution in [0.15, 0.2) is 54.6 Å². The molecule has 2 aromatic rings. The van der Waals surface area contributed by atoms with Crippen molar-refractivity contribution in [2.45, 2.75) is 25.0 Å². The van der Waals surface area contributed by atoms with Gasteiger partial charge in [-0.15, -0.1) is 0 Å². The third-order valence-corrected chi connectivity index (χ3v) is 5.33. The van der Waals surface area contributed by atoms with E-state index in [0.717, 1.165) is 49.4 Å². The molecule has 120 valence electrons. The van der Waals surface area contributed by atoms with Gasteiger partial charge in [-0.05, 0) is 55.1 Å². The fourth-order valence-corrected chi connectivity index (χ4v) is 3.94. The maximum atomic E-state index is 11.2.